The molecule has 0 aliphatic rings. The van der Waals surface area contributed by atoms with Crippen LogP contribution in [-0.4, -0.2) is 36.3 Å². The molecule has 5 nitrogen and oxygen atoms in total. The number of benzene rings is 3. The van der Waals surface area contributed by atoms with Crippen molar-refractivity contribution >= 4 is 5.91 Å². The largest absolute Gasteiger partial charge is 0.491 e. The standard InChI is InChI=1S/C30H35F3N2O3/c1-3-10-38-29-9-8-21(14-26(29)33)16-30(37)35-27(15-23-12-24(31)17-25(32)13-23)28(36)19-34-18-22-7-5-6-20(4-2)11-22/h5-9,11-14,17,27-28,34,36H,3-4,10,15-16,18-19H2,1-2H3,(H,35,37). The van der Waals surface area contributed by atoms with Crippen molar-refractivity contribution in [2.75, 3.05) is 13.2 Å². The fraction of sp³-hybridized carbons (Fsp3) is 0.367. The van der Waals surface area contributed by atoms with Gasteiger partial charge in [-0.15, -0.1) is 0 Å². The summed E-state index contributed by atoms with van der Waals surface area (Å²) in [5, 5.41) is 16.9. The topological polar surface area (TPSA) is 70.6 Å². The Morgan fingerprint density at radius 2 is 1.66 bits per heavy atom. The molecule has 0 spiro atoms. The number of aliphatic hydroxyl groups is 1. The lowest BCUT2D eigenvalue weighted by Gasteiger charge is -2.25. The maximum Gasteiger partial charge on any atom is 0.224 e. The second kappa shape index (κ2) is 14.5. The van der Waals surface area contributed by atoms with E-state index in [0.29, 0.717) is 24.3 Å². The van der Waals surface area contributed by atoms with Crippen molar-refractivity contribution in [2.24, 2.45) is 0 Å². The van der Waals surface area contributed by atoms with Crippen molar-refractivity contribution in [3.63, 3.8) is 0 Å². The highest BCUT2D eigenvalue weighted by atomic mass is 19.1. The summed E-state index contributed by atoms with van der Waals surface area (Å²) in [7, 11) is 0. The molecule has 3 aromatic rings. The average Bonchev–Trinajstić information content (AvgIpc) is 2.87. The van der Waals surface area contributed by atoms with Crippen LogP contribution in [0.15, 0.2) is 60.7 Å². The van der Waals surface area contributed by atoms with E-state index in [1.54, 1.807) is 6.07 Å². The molecule has 0 aliphatic heterocycles. The van der Waals surface area contributed by atoms with Crippen LogP contribution in [0.1, 0.15) is 42.5 Å². The highest BCUT2D eigenvalue weighted by molar-refractivity contribution is 5.79. The van der Waals surface area contributed by atoms with Crippen LogP contribution in [0.25, 0.3) is 0 Å². The molecule has 0 heterocycles. The van der Waals surface area contributed by atoms with E-state index in [-0.39, 0.29) is 25.1 Å². The normalized spacial score (nSPS) is 12.7. The molecule has 0 fully saturated rings. The first kappa shape index (κ1) is 29.2. The van der Waals surface area contributed by atoms with Crippen LogP contribution >= 0.6 is 0 Å². The molecular formula is C30H35F3N2O3. The van der Waals surface area contributed by atoms with Crippen LogP contribution < -0.4 is 15.4 Å². The van der Waals surface area contributed by atoms with Crippen LogP contribution in [-0.2, 0) is 30.6 Å². The molecule has 2 atom stereocenters. The molecule has 0 aromatic heterocycles. The van der Waals surface area contributed by atoms with Crippen molar-refractivity contribution in [1.82, 2.24) is 10.6 Å². The van der Waals surface area contributed by atoms with Gasteiger partial charge in [-0.05, 0) is 65.8 Å². The molecule has 0 saturated heterocycles. The molecule has 0 bridgehead atoms. The van der Waals surface area contributed by atoms with Crippen LogP contribution in [0.3, 0.4) is 0 Å². The first-order chi connectivity index (χ1) is 18.3. The van der Waals surface area contributed by atoms with Crippen molar-refractivity contribution in [2.45, 2.75) is 58.2 Å². The zero-order valence-electron chi connectivity index (χ0n) is 21.8. The van der Waals surface area contributed by atoms with Gasteiger partial charge in [0.15, 0.2) is 11.6 Å². The van der Waals surface area contributed by atoms with E-state index in [0.717, 1.165) is 24.5 Å². The number of hydrogen-bond acceptors (Lipinski definition) is 4. The van der Waals surface area contributed by atoms with Crippen LogP contribution in [0, 0.1) is 17.5 Å². The number of carbonyl (C=O) groups is 1. The molecule has 0 radical (unpaired) electrons. The molecule has 3 rings (SSSR count). The lowest BCUT2D eigenvalue weighted by atomic mass is 10.00. The Morgan fingerprint density at radius 3 is 2.34 bits per heavy atom. The van der Waals surface area contributed by atoms with Crippen LogP contribution in [0.5, 0.6) is 5.75 Å². The van der Waals surface area contributed by atoms with Gasteiger partial charge < -0.3 is 20.5 Å². The molecule has 2 unspecified atom stereocenters. The first-order valence-electron chi connectivity index (χ1n) is 12.9. The Hall–Kier alpha value is -3.36. The Kier molecular flexibility index (Phi) is 11.2. The number of amides is 1. The summed E-state index contributed by atoms with van der Waals surface area (Å²) in [5.74, 6) is -2.38. The van der Waals surface area contributed by atoms with Gasteiger partial charge in [0.1, 0.15) is 11.6 Å². The molecular weight excluding hydrogens is 493 g/mol. The van der Waals surface area contributed by atoms with Gasteiger partial charge in [-0.1, -0.05) is 44.2 Å². The van der Waals surface area contributed by atoms with Gasteiger partial charge in [-0.25, -0.2) is 13.2 Å². The lowest BCUT2D eigenvalue weighted by Crippen LogP contribution is -2.49. The lowest BCUT2D eigenvalue weighted by molar-refractivity contribution is -0.122. The van der Waals surface area contributed by atoms with E-state index >= 15 is 0 Å². The van der Waals surface area contributed by atoms with E-state index in [9.17, 15) is 23.1 Å². The zero-order valence-corrected chi connectivity index (χ0v) is 21.8. The average molecular weight is 529 g/mol. The van der Waals surface area contributed by atoms with Crippen molar-refractivity contribution in [1.29, 1.82) is 0 Å². The summed E-state index contributed by atoms with van der Waals surface area (Å²) in [5.41, 5.74) is 2.98. The molecule has 0 saturated carbocycles. The Morgan fingerprint density at radius 1 is 0.921 bits per heavy atom. The first-order valence-corrected chi connectivity index (χ1v) is 12.9. The second-order valence-electron chi connectivity index (χ2n) is 9.32. The molecule has 8 heteroatoms. The third kappa shape index (κ3) is 9.19. The Bertz CT molecular complexity index is 1180. The van der Waals surface area contributed by atoms with Gasteiger partial charge in [0, 0.05) is 19.2 Å². The minimum Gasteiger partial charge on any atom is -0.491 e. The summed E-state index contributed by atoms with van der Waals surface area (Å²) in [6, 6.07) is 14.7. The predicted molar refractivity (Wildman–Crippen MR) is 141 cm³/mol. The van der Waals surface area contributed by atoms with E-state index in [4.69, 9.17) is 4.74 Å². The Balaban J connectivity index is 1.67. The summed E-state index contributed by atoms with van der Waals surface area (Å²) in [4.78, 5) is 12.8. The number of aliphatic hydroxyl groups excluding tert-OH is 1. The highest BCUT2D eigenvalue weighted by Crippen LogP contribution is 2.19. The van der Waals surface area contributed by atoms with E-state index in [1.165, 1.54) is 29.8 Å². The molecule has 3 aromatic carbocycles. The molecule has 1 amide bonds. The minimum atomic E-state index is -1.05. The number of nitrogens with one attached hydrogen (secondary N) is 2. The van der Waals surface area contributed by atoms with E-state index in [1.807, 2.05) is 25.1 Å². The Labute approximate surface area is 222 Å². The van der Waals surface area contributed by atoms with Crippen molar-refractivity contribution in [3.8, 4) is 5.75 Å². The summed E-state index contributed by atoms with van der Waals surface area (Å²) < 4.78 is 47.2. The summed E-state index contributed by atoms with van der Waals surface area (Å²) in [6.07, 6.45) is 0.465. The number of carbonyl (C=O) groups excluding carboxylic acids is 1. The fourth-order valence-corrected chi connectivity index (χ4v) is 4.16. The molecule has 0 aliphatic carbocycles. The quantitative estimate of drug-likeness (QED) is 0.279. The fourth-order valence-electron chi connectivity index (χ4n) is 4.16. The number of rotatable bonds is 14. The number of ether oxygens (including phenoxy) is 1. The summed E-state index contributed by atoms with van der Waals surface area (Å²) in [6.45, 7) is 5.01. The van der Waals surface area contributed by atoms with Gasteiger partial charge in [0.25, 0.3) is 0 Å². The maximum absolute atomic E-state index is 14.3. The third-order valence-corrected chi connectivity index (χ3v) is 6.09. The summed E-state index contributed by atoms with van der Waals surface area (Å²) >= 11 is 0. The van der Waals surface area contributed by atoms with Gasteiger partial charge in [-0.3, -0.25) is 4.79 Å². The SMILES string of the molecule is CCCOc1ccc(CC(=O)NC(Cc2cc(F)cc(F)c2)C(O)CNCc2cccc(CC)c2)cc1F. The number of halogens is 3. The highest BCUT2D eigenvalue weighted by Gasteiger charge is 2.23. The van der Waals surface area contributed by atoms with Crippen LogP contribution in [0.4, 0.5) is 13.2 Å². The number of aryl methyl sites for hydroxylation is 1. The van der Waals surface area contributed by atoms with E-state index in [2.05, 4.69) is 23.6 Å². The predicted octanol–water partition coefficient (Wildman–Crippen LogP) is 4.88. The number of hydrogen-bond donors (Lipinski definition) is 3. The van der Waals surface area contributed by atoms with Gasteiger partial charge in [-0.2, -0.15) is 0 Å². The monoisotopic (exact) mass is 528 g/mol. The van der Waals surface area contributed by atoms with Crippen molar-refractivity contribution < 1.29 is 27.8 Å². The van der Waals surface area contributed by atoms with E-state index < -0.39 is 35.5 Å². The smallest absolute Gasteiger partial charge is 0.224 e. The van der Waals surface area contributed by atoms with Gasteiger partial charge in [0.2, 0.25) is 5.91 Å². The molecule has 204 valence electrons. The van der Waals surface area contributed by atoms with Crippen molar-refractivity contribution in [3.05, 3.63) is 100 Å². The minimum absolute atomic E-state index is 0.00669. The molecule has 3 N–H and O–H groups in total. The van der Waals surface area contributed by atoms with Gasteiger partial charge in [0.05, 0.1) is 25.2 Å². The maximum atomic E-state index is 14.3. The third-order valence-electron chi connectivity index (χ3n) is 6.09. The zero-order chi connectivity index (χ0) is 27.5. The van der Waals surface area contributed by atoms with Gasteiger partial charge >= 0.3 is 0 Å². The van der Waals surface area contributed by atoms with Crippen LogP contribution in [0.2, 0.25) is 0 Å². The second-order valence-corrected chi connectivity index (χ2v) is 9.32. The molecule has 38 heavy (non-hydrogen) atoms.